The molecule has 0 saturated heterocycles. The van der Waals surface area contributed by atoms with E-state index in [4.69, 9.17) is 27.6 Å². The Morgan fingerprint density at radius 3 is 2.83 bits per heavy atom. The molecule has 0 aliphatic heterocycles. The third-order valence-corrected chi connectivity index (χ3v) is 4.78. The minimum Gasteiger partial charge on any atom is -0.410 e. The minimum atomic E-state index is -0.789. The minimum absolute atomic E-state index is 0.480. The zero-order valence-electron chi connectivity index (χ0n) is 12.9. The molecule has 0 bridgehead atoms. The van der Waals surface area contributed by atoms with Gasteiger partial charge >= 0.3 is 0 Å². The number of hydrogen-bond acceptors (Lipinski definition) is 3. The van der Waals surface area contributed by atoms with E-state index < -0.39 is 9.04 Å². The second-order valence-corrected chi connectivity index (χ2v) is 8.36. The van der Waals surface area contributed by atoms with Gasteiger partial charge in [-0.25, -0.2) is 4.98 Å². The molecular weight excluding hydrogens is 349 g/mol. The summed E-state index contributed by atoms with van der Waals surface area (Å²) < 4.78 is 7.94. The summed E-state index contributed by atoms with van der Waals surface area (Å²) in [5, 5.41) is 1.36. The summed E-state index contributed by atoms with van der Waals surface area (Å²) in [6.45, 7) is 5.28. The number of benzene rings is 1. The summed E-state index contributed by atoms with van der Waals surface area (Å²) in [5.41, 5.74) is 2.82. The van der Waals surface area contributed by atoms with E-state index in [0.717, 1.165) is 22.4 Å². The molecular formula is C16H16Cl2N3OSi. The lowest BCUT2D eigenvalue weighted by atomic mass is 10.2. The van der Waals surface area contributed by atoms with E-state index in [2.05, 4.69) is 27.6 Å². The van der Waals surface area contributed by atoms with Crippen molar-refractivity contribution in [2.45, 2.75) is 26.2 Å². The lowest BCUT2D eigenvalue weighted by Crippen LogP contribution is -2.12. The number of hydrogen-bond donors (Lipinski definition) is 0. The van der Waals surface area contributed by atoms with Gasteiger partial charge in [-0.1, -0.05) is 23.2 Å². The van der Waals surface area contributed by atoms with Crippen molar-refractivity contribution in [3.05, 3.63) is 58.1 Å². The summed E-state index contributed by atoms with van der Waals surface area (Å²) in [7, 11) is -0.789. The van der Waals surface area contributed by atoms with Crippen LogP contribution in [-0.2, 0) is 17.6 Å². The summed E-state index contributed by atoms with van der Waals surface area (Å²) in [5.74, 6) is 0.871. The first-order chi connectivity index (χ1) is 11.0. The first-order valence-corrected chi connectivity index (χ1v) is 10.4. The van der Waals surface area contributed by atoms with Crippen molar-refractivity contribution >= 4 is 43.3 Å². The van der Waals surface area contributed by atoms with Crippen molar-refractivity contribution < 1.29 is 4.43 Å². The average Bonchev–Trinajstić information content (AvgIpc) is 2.87. The summed E-state index contributed by atoms with van der Waals surface area (Å²) >= 11 is 12.4. The molecule has 2 heterocycles. The molecule has 0 atom stereocenters. The van der Waals surface area contributed by atoms with Crippen LogP contribution in [0.3, 0.4) is 0 Å². The van der Waals surface area contributed by atoms with Crippen molar-refractivity contribution in [2.24, 2.45) is 0 Å². The van der Waals surface area contributed by atoms with Crippen molar-refractivity contribution in [2.75, 3.05) is 0 Å². The maximum absolute atomic E-state index is 6.31. The Morgan fingerprint density at radius 2 is 2.04 bits per heavy atom. The van der Waals surface area contributed by atoms with Gasteiger partial charge in [0, 0.05) is 16.2 Å². The van der Waals surface area contributed by atoms with E-state index >= 15 is 0 Å². The Labute approximate surface area is 146 Å². The van der Waals surface area contributed by atoms with E-state index in [0.29, 0.717) is 23.2 Å². The number of fused-ring (bicyclic) bond motifs is 1. The molecule has 3 rings (SSSR count). The number of nitrogens with zero attached hydrogens (tertiary/aromatic N) is 3. The maximum Gasteiger partial charge on any atom is 0.205 e. The Bertz CT molecular complexity index is 835. The molecule has 0 saturated carbocycles. The van der Waals surface area contributed by atoms with Gasteiger partial charge in [0.15, 0.2) is 0 Å². The molecule has 7 heteroatoms. The normalized spacial score (nSPS) is 11.5. The van der Waals surface area contributed by atoms with Crippen LogP contribution in [0.5, 0.6) is 0 Å². The molecule has 0 fully saturated rings. The maximum atomic E-state index is 6.31. The lowest BCUT2D eigenvalue weighted by Gasteiger charge is -2.12. The Balaban J connectivity index is 2.03. The van der Waals surface area contributed by atoms with Gasteiger partial charge in [0.05, 0.1) is 24.9 Å². The van der Waals surface area contributed by atoms with Crippen LogP contribution in [-0.4, -0.2) is 23.6 Å². The number of imidazole rings is 1. The number of rotatable bonds is 5. The van der Waals surface area contributed by atoms with E-state index in [1.54, 1.807) is 18.5 Å². The molecule has 2 aromatic heterocycles. The molecule has 3 aromatic rings. The van der Waals surface area contributed by atoms with E-state index in [9.17, 15) is 0 Å². The fourth-order valence-electron chi connectivity index (χ4n) is 2.36. The monoisotopic (exact) mass is 364 g/mol. The van der Waals surface area contributed by atoms with Crippen molar-refractivity contribution in [3.63, 3.8) is 0 Å². The molecule has 0 amide bonds. The first-order valence-electron chi connectivity index (χ1n) is 7.20. The van der Waals surface area contributed by atoms with Crippen LogP contribution >= 0.6 is 23.2 Å². The van der Waals surface area contributed by atoms with E-state index in [-0.39, 0.29) is 0 Å². The Hall–Kier alpha value is -1.40. The Kier molecular flexibility index (Phi) is 5.01. The summed E-state index contributed by atoms with van der Waals surface area (Å²) in [6, 6.07) is 7.44. The van der Waals surface area contributed by atoms with Gasteiger partial charge in [-0.05, 0) is 42.9 Å². The van der Waals surface area contributed by atoms with Crippen LogP contribution in [0.15, 0.2) is 36.7 Å². The van der Waals surface area contributed by atoms with Gasteiger partial charge in [0.2, 0.25) is 9.04 Å². The molecule has 1 aromatic carbocycles. The summed E-state index contributed by atoms with van der Waals surface area (Å²) in [4.78, 5) is 8.79. The molecule has 0 aliphatic carbocycles. The van der Waals surface area contributed by atoms with Gasteiger partial charge in [-0.15, -0.1) is 0 Å². The molecule has 0 aliphatic rings. The molecule has 119 valence electrons. The first kappa shape index (κ1) is 16.5. The summed E-state index contributed by atoms with van der Waals surface area (Å²) in [6.07, 6.45) is 3.53. The quantitative estimate of drug-likeness (QED) is 0.623. The second-order valence-electron chi connectivity index (χ2n) is 5.41. The van der Waals surface area contributed by atoms with Crippen molar-refractivity contribution in [1.82, 2.24) is 14.5 Å². The van der Waals surface area contributed by atoms with E-state index in [1.807, 2.05) is 18.2 Å². The van der Waals surface area contributed by atoms with Crippen LogP contribution in [0.25, 0.3) is 11.0 Å². The van der Waals surface area contributed by atoms with E-state index in [1.165, 1.54) is 0 Å². The average molecular weight is 365 g/mol. The largest absolute Gasteiger partial charge is 0.410 e. The second kappa shape index (κ2) is 7.01. The molecule has 0 unspecified atom stereocenters. The van der Waals surface area contributed by atoms with Crippen LogP contribution in [0.2, 0.25) is 23.1 Å². The molecule has 4 nitrogen and oxygen atoms in total. The SMILES string of the molecule is C[Si](C)OCc1nc2cnccc2n1Cc1cc(Cl)ccc1Cl. The standard InChI is InChI=1S/C16H16Cl2N3OSi/c1-23(2)22-10-16-20-14-8-19-6-5-15(14)21(16)9-11-7-12(17)3-4-13(11)18/h3-8H,9-10H2,1-2H3. The number of pyridine rings is 1. The fourth-order valence-corrected chi connectivity index (χ4v) is 3.15. The van der Waals surface area contributed by atoms with Crippen LogP contribution in [0.1, 0.15) is 11.4 Å². The highest BCUT2D eigenvalue weighted by Gasteiger charge is 2.13. The molecule has 1 radical (unpaired) electrons. The third kappa shape index (κ3) is 3.75. The van der Waals surface area contributed by atoms with Crippen molar-refractivity contribution in [3.8, 4) is 0 Å². The van der Waals surface area contributed by atoms with Gasteiger partial charge in [-0.3, -0.25) is 4.98 Å². The number of halogens is 2. The van der Waals surface area contributed by atoms with Crippen LogP contribution in [0.4, 0.5) is 0 Å². The molecule has 0 spiro atoms. The van der Waals surface area contributed by atoms with Gasteiger partial charge in [-0.2, -0.15) is 0 Å². The highest BCUT2D eigenvalue weighted by Crippen LogP contribution is 2.24. The highest BCUT2D eigenvalue weighted by molar-refractivity contribution is 6.48. The van der Waals surface area contributed by atoms with Crippen LogP contribution in [0, 0.1) is 0 Å². The predicted octanol–water partition coefficient (Wildman–Crippen LogP) is 4.55. The number of aromatic nitrogens is 3. The van der Waals surface area contributed by atoms with Gasteiger partial charge in [0.25, 0.3) is 0 Å². The topological polar surface area (TPSA) is 39.9 Å². The predicted molar refractivity (Wildman–Crippen MR) is 95.4 cm³/mol. The highest BCUT2D eigenvalue weighted by atomic mass is 35.5. The zero-order valence-corrected chi connectivity index (χ0v) is 15.4. The van der Waals surface area contributed by atoms with Gasteiger partial charge in [0.1, 0.15) is 11.3 Å². The Morgan fingerprint density at radius 1 is 1.22 bits per heavy atom. The van der Waals surface area contributed by atoms with Crippen LogP contribution < -0.4 is 0 Å². The molecule has 23 heavy (non-hydrogen) atoms. The van der Waals surface area contributed by atoms with Crippen molar-refractivity contribution in [1.29, 1.82) is 0 Å². The zero-order chi connectivity index (χ0) is 16.4. The van der Waals surface area contributed by atoms with Gasteiger partial charge < -0.3 is 8.99 Å². The third-order valence-electron chi connectivity index (χ3n) is 3.46. The smallest absolute Gasteiger partial charge is 0.205 e. The fraction of sp³-hybridized carbons (Fsp3) is 0.250. The lowest BCUT2D eigenvalue weighted by molar-refractivity contribution is 0.298. The molecule has 0 N–H and O–H groups in total.